The quantitative estimate of drug-likeness (QED) is 0.779. The number of fused-ring (bicyclic) bond motifs is 5. The lowest BCUT2D eigenvalue weighted by molar-refractivity contribution is -0.268. The van der Waals surface area contributed by atoms with Crippen LogP contribution in [-0.4, -0.2) is 39.9 Å². The molecule has 4 nitrogen and oxygen atoms in total. The van der Waals surface area contributed by atoms with Crippen molar-refractivity contribution in [3.63, 3.8) is 0 Å². The number of ether oxygens (including phenoxy) is 3. The van der Waals surface area contributed by atoms with Crippen molar-refractivity contribution >= 4 is 0 Å². The Balaban J connectivity index is 1.99. The maximum atomic E-state index is 10.7. The lowest BCUT2D eigenvalue weighted by Crippen LogP contribution is -2.54. The molecule has 0 unspecified atom stereocenters. The van der Waals surface area contributed by atoms with Crippen molar-refractivity contribution in [3.8, 4) is 0 Å². The van der Waals surface area contributed by atoms with E-state index < -0.39 is 22.6 Å². The summed E-state index contributed by atoms with van der Waals surface area (Å²) in [5.41, 5.74) is -1.56. The zero-order valence-corrected chi connectivity index (χ0v) is 11.9. The fourth-order valence-corrected chi connectivity index (χ4v) is 4.19. The molecule has 3 saturated heterocycles. The highest BCUT2D eigenvalue weighted by Crippen LogP contribution is 2.58. The van der Waals surface area contributed by atoms with Crippen LogP contribution < -0.4 is 0 Å². The van der Waals surface area contributed by atoms with E-state index in [0.717, 1.165) is 6.42 Å². The Morgan fingerprint density at radius 2 is 1.44 bits per heavy atom. The van der Waals surface area contributed by atoms with E-state index in [0.29, 0.717) is 12.8 Å². The van der Waals surface area contributed by atoms with E-state index in [9.17, 15) is 5.11 Å². The van der Waals surface area contributed by atoms with Gasteiger partial charge in [-0.15, -0.1) is 0 Å². The SMILES string of the molecule is CC[C@@]1(O)C[C@@]2(C)O[C@@](C)(C1)[C@@H]1OC(C)(C)O[C@@H]12. The van der Waals surface area contributed by atoms with E-state index in [4.69, 9.17) is 14.2 Å². The number of hydrogen-bond acceptors (Lipinski definition) is 4. The molecule has 4 heteroatoms. The van der Waals surface area contributed by atoms with Gasteiger partial charge in [-0.05, 0) is 34.1 Å². The van der Waals surface area contributed by atoms with Crippen LogP contribution in [0.2, 0.25) is 0 Å². The van der Waals surface area contributed by atoms with Crippen molar-refractivity contribution in [1.29, 1.82) is 0 Å². The molecule has 3 rings (SSSR count). The number of aliphatic hydroxyl groups is 1. The first-order chi connectivity index (χ1) is 8.12. The second-order valence-corrected chi connectivity index (χ2v) is 7.14. The highest BCUT2D eigenvalue weighted by atomic mass is 16.8. The Morgan fingerprint density at radius 3 is 1.83 bits per heavy atom. The number of hydrogen-bond donors (Lipinski definition) is 1. The summed E-state index contributed by atoms with van der Waals surface area (Å²) in [4.78, 5) is 0. The highest BCUT2D eigenvalue weighted by molar-refractivity contribution is 5.18. The van der Waals surface area contributed by atoms with Gasteiger partial charge in [0.2, 0.25) is 0 Å². The minimum absolute atomic E-state index is 0.0851. The molecule has 0 spiro atoms. The highest BCUT2D eigenvalue weighted by Gasteiger charge is 2.70. The Labute approximate surface area is 109 Å². The van der Waals surface area contributed by atoms with Crippen LogP contribution in [0.5, 0.6) is 0 Å². The van der Waals surface area contributed by atoms with E-state index >= 15 is 0 Å². The summed E-state index contributed by atoms with van der Waals surface area (Å²) < 4.78 is 18.3. The zero-order chi connectivity index (χ0) is 13.4. The van der Waals surface area contributed by atoms with E-state index in [1.165, 1.54) is 0 Å². The summed E-state index contributed by atoms with van der Waals surface area (Å²) in [6.45, 7) is 10.00. The maximum absolute atomic E-state index is 10.7. The predicted molar refractivity (Wildman–Crippen MR) is 66.2 cm³/mol. The maximum Gasteiger partial charge on any atom is 0.164 e. The first-order valence-electron chi connectivity index (χ1n) is 6.90. The summed E-state index contributed by atoms with van der Waals surface area (Å²) in [6, 6.07) is 0. The Hall–Kier alpha value is -0.160. The lowest BCUT2D eigenvalue weighted by atomic mass is 9.79. The molecule has 3 fully saturated rings. The Kier molecular flexibility index (Phi) is 2.35. The van der Waals surface area contributed by atoms with Crippen molar-refractivity contribution in [1.82, 2.24) is 0 Å². The van der Waals surface area contributed by atoms with Crippen molar-refractivity contribution in [3.05, 3.63) is 0 Å². The number of rotatable bonds is 1. The van der Waals surface area contributed by atoms with Crippen molar-refractivity contribution < 1.29 is 19.3 Å². The topological polar surface area (TPSA) is 47.9 Å². The van der Waals surface area contributed by atoms with Crippen molar-refractivity contribution in [2.24, 2.45) is 0 Å². The van der Waals surface area contributed by atoms with Crippen molar-refractivity contribution in [2.75, 3.05) is 0 Å². The second kappa shape index (κ2) is 3.29. The van der Waals surface area contributed by atoms with Gasteiger partial charge in [-0.3, -0.25) is 0 Å². The summed E-state index contributed by atoms with van der Waals surface area (Å²) in [7, 11) is 0. The molecule has 0 saturated carbocycles. The van der Waals surface area contributed by atoms with Crippen LogP contribution in [0.25, 0.3) is 0 Å². The smallest absolute Gasteiger partial charge is 0.164 e. The fourth-order valence-electron chi connectivity index (χ4n) is 4.19. The summed E-state index contributed by atoms with van der Waals surface area (Å²) in [5.74, 6) is -0.552. The monoisotopic (exact) mass is 256 g/mol. The van der Waals surface area contributed by atoms with Crippen LogP contribution in [0, 0.1) is 0 Å². The van der Waals surface area contributed by atoms with Crippen LogP contribution in [0.3, 0.4) is 0 Å². The second-order valence-electron chi connectivity index (χ2n) is 7.14. The van der Waals surface area contributed by atoms with Gasteiger partial charge in [0.25, 0.3) is 0 Å². The van der Waals surface area contributed by atoms with Crippen LogP contribution in [0.15, 0.2) is 0 Å². The predicted octanol–water partition coefficient (Wildman–Crippen LogP) is 1.99. The Morgan fingerprint density at radius 1 is 1.00 bits per heavy atom. The summed E-state index contributed by atoms with van der Waals surface area (Å²) in [6.07, 6.45) is 1.81. The van der Waals surface area contributed by atoms with Crippen molar-refractivity contribution in [2.45, 2.75) is 88.7 Å². The molecule has 2 bridgehead atoms. The molecule has 18 heavy (non-hydrogen) atoms. The van der Waals surface area contributed by atoms with Gasteiger partial charge < -0.3 is 19.3 Å². The van der Waals surface area contributed by atoms with Gasteiger partial charge in [-0.1, -0.05) is 6.92 Å². The first kappa shape index (κ1) is 12.9. The van der Waals surface area contributed by atoms with Gasteiger partial charge in [0, 0.05) is 12.8 Å². The normalized spacial score (nSPS) is 57.7. The van der Waals surface area contributed by atoms with E-state index in [-0.39, 0.29) is 12.2 Å². The molecule has 104 valence electrons. The molecule has 0 aromatic heterocycles. The van der Waals surface area contributed by atoms with Gasteiger partial charge in [0.15, 0.2) is 5.79 Å². The summed E-state index contributed by atoms with van der Waals surface area (Å²) >= 11 is 0. The molecule has 3 aliphatic rings. The minimum Gasteiger partial charge on any atom is -0.390 e. The van der Waals surface area contributed by atoms with Gasteiger partial charge >= 0.3 is 0 Å². The third kappa shape index (κ3) is 1.59. The molecule has 0 aromatic carbocycles. The molecule has 0 aliphatic carbocycles. The first-order valence-corrected chi connectivity index (χ1v) is 6.90. The molecule has 1 N–H and O–H groups in total. The fraction of sp³-hybridized carbons (Fsp3) is 1.00. The average molecular weight is 256 g/mol. The van der Waals surface area contributed by atoms with E-state index in [1.54, 1.807) is 0 Å². The molecule has 0 radical (unpaired) electrons. The summed E-state index contributed by atoms with van der Waals surface area (Å²) in [5, 5.41) is 10.7. The molecule has 5 atom stereocenters. The average Bonchev–Trinajstić information content (AvgIpc) is 2.60. The third-order valence-corrected chi connectivity index (χ3v) is 4.78. The molecule has 0 aromatic rings. The molecule has 0 amide bonds. The molecule has 3 heterocycles. The van der Waals surface area contributed by atoms with Gasteiger partial charge in [-0.2, -0.15) is 0 Å². The van der Waals surface area contributed by atoms with Crippen LogP contribution in [-0.2, 0) is 14.2 Å². The molecule has 3 aliphatic heterocycles. The van der Waals surface area contributed by atoms with Gasteiger partial charge in [-0.25, -0.2) is 0 Å². The zero-order valence-electron chi connectivity index (χ0n) is 11.9. The van der Waals surface area contributed by atoms with Crippen LogP contribution in [0.4, 0.5) is 0 Å². The van der Waals surface area contributed by atoms with Gasteiger partial charge in [0.1, 0.15) is 12.2 Å². The third-order valence-electron chi connectivity index (χ3n) is 4.78. The Bertz CT molecular complexity index is 352. The lowest BCUT2D eigenvalue weighted by Gasteiger charge is -2.47. The molecular weight excluding hydrogens is 232 g/mol. The van der Waals surface area contributed by atoms with Crippen LogP contribution >= 0.6 is 0 Å². The van der Waals surface area contributed by atoms with E-state index in [2.05, 4.69) is 0 Å². The minimum atomic E-state index is -0.664. The molecular formula is C14H24O4. The van der Waals surface area contributed by atoms with Crippen LogP contribution in [0.1, 0.15) is 53.9 Å². The largest absolute Gasteiger partial charge is 0.390 e. The van der Waals surface area contributed by atoms with Gasteiger partial charge in [0.05, 0.1) is 16.8 Å². The standard InChI is InChI=1S/C14H24O4/c1-6-14(15)7-12(4)9-10(13(5,8-14)18-12)17-11(2,3)16-9/h9-10,15H,6-8H2,1-5H3/t9-,10+,12+,13-,14+. The van der Waals surface area contributed by atoms with E-state index in [1.807, 2.05) is 34.6 Å².